The molecule has 24 heteroatoms. The molecule has 4 saturated carbocycles. The number of esters is 3. The molecule has 11 N–H and O–H groups in total. The Hall–Kier alpha value is -3.54. The van der Waals surface area contributed by atoms with Crippen LogP contribution in [0.5, 0.6) is 0 Å². The Labute approximate surface area is 490 Å². The number of carboxylic acid groups (broad SMARTS) is 1. The maximum absolute atomic E-state index is 13.4. The molecule has 24 nitrogen and oxygen atoms in total. The van der Waals surface area contributed by atoms with Crippen LogP contribution in [0.25, 0.3) is 0 Å². The molecule has 8 rings (SSSR count). The maximum Gasteiger partial charge on any atom is 0.335 e. The molecule has 7 fully saturated rings. The van der Waals surface area contributed by atoms with Crippen molar-refractivity contribution in [1.82, 2.24) is 0 Å². The summed E-state index contributed by atoms with van der Waals surface area (Å²) in [5.74, 6) is -4.82. The fraction of sp³-hybridized carbons (Fsp3) is 0.833. The SMILES string of the molecule is C/C=C(/C)C(=O)O[C@@H]1[C@@H](O)[C@H](O[C@H]2[C@H](OC(C)=O)[C@@]3(CO)C(CC2(C)C)C2=CCC4[C@@]5(C)CC[C@H](O[C@@H]6O[C@H](C(=O)O)[C@@H](O)[C@H](O)[C@H]6O[C@@H]6O[C@H](CO)[C@@H](O)[C@H](O)[C@H]6O)[C@](C)(CO)C5CC[C@@]4(C)[C@]2(C)C[C@H]3O)O[C@H](C)[C@@H]1OC(=O)/C(C)=C/C. The van der Waals surface area contributed by atoms with Gasteiger partial charge in [-0.3, -0.25) is 4.79 Å². The van der Waals surface area contributed by atoms with E-state index in [1.165, 1.54) is 19.9 Å². The average Bonchev–Trinajstić information content (AvgIpc) is 0.726. The molecule has 0 aromatic heterocycles. The number of hydrogen-bond donors (Lipinski definition) is 11. The van der Waals surface area contributed by atoms with Crippen molar-refractivity contribution >= 4 is 23.9 Å². The molecule has 476 valence electrons. The molecule has 0 aromatic carbocycles. The number of aliphatic carboxylic acids is 1. The molecule has 0 aromatic rings. The van der Waals surface area contributed by atoms with E-state index >= 15 is 0 Å². The third kappa shape index (κ3) is 10.8. The third-order valence-corrected chi connectivity index (χ3v) is 22.0. The lowest BCUT2D eigenvalue weighted by molar-refractivity contribution is -0.375. The normalized spacial score (nSPS) is 48.5. The first kappa shape index (κ1) is 66.4. The summed E-state index contributed by atoms with van der Waals surface area (Å²) in [4.78, 5) is 52.3. The predicted molar refractivity (Wildman–Crippen MR) is 291 cm³/mol. The van der Waals surface area contributed by atoms with Gasteiger partial charge in [-0.05, 0) is 119 Å². The fourth-order valence-electron chi connectivity index (χ4n) is 16.7. The molecule has 27 atom stereocenters. The first-order valence-corrected chi connectivity index (χ1v) is 29.5. The Kier molecular flexibility index (Phi) is 19.3. The largest absolute Gasteiger partial charge is 0.479 e. The average molecular weight is 1200 g/mol. The highest BCUT2D eigenvalue weighted by Gasteiger charge is 2.74. The fourth-order valence-corrected chi connectivity index (χ4v) is 16.7. The zero-order valence-corrected chi connectivity index (χ0v) is 50.2. The third-order valence-electron chi connectivity index (χ3n) is 22.0. The van der Waals surface area contributed by atoms with E-state index in [9.17, 15) is 75.3 Å². The number of carbonyl (C=O) groups excluding carboxylic acids is 3. The second-order valence-electron chi connectivity index (χ2n) is 26.9. The molecule has 3 heterocycles. The number of carboxylic acids is 1. The zero-order valence-electron chi connectivity index (χ0n) is 50.2. The van der Waals surface area contributed by atoms with Crippen LogP contribution in [0, 0.1) is 50.2 Å². The lowest BCUT2D eigenvalue weighted by Gasteiger charge is -2.73. The molecule has 0 radical (unpaired) electrons. The van der Waals surface area contributed by atoms with Crippen LogP contribution < -0.4 is 0 Å². The Morgan fingerprint density at radius 2 is 1.26 bits per heavy atom. The van der Waals surface area contributed by atoms with Gasteiger partial charge in [0.1, 0.15) is 61.0 Å². The van der Waals surface area contributed by atoms with Gasteiger partial charge in [0.15, 0.2) is 37.2 Å². The van der Waals surface area contributed by atoms with Crippen LogP contribution in [0.15, 0.2) is 34.9 Å². The van der Waals surface area contributed by atoms with Crippen molar-refractivity contribution in [2.45, 2.75) is 245 Å². The lowest BCUT2D eigenvalue weighted by atomic mass is 9.33. The molecule has 0 spiro atoms. The van der Waals surface area contributed by atoms with Crippen molar-refractivity contribution in [2.75, 3.05) is 19.8 Å². The van der Waals surface area contributed by atoms with E-state index < -0.39 is 199 Å². The van der Waals surface area contributed by atoms with Crippen molar-refractivity contribution in [3.05, 3.63) is 34.9 Å². The van der Waals surface area contributed by atoms with E-state index in [1.807, 2.05) is 20.8 Å². The van der Waals surface area contributed by atoms with Gasteiger partial charge in [-0.1, -0.05) is 65.3 Å². The Morgan fingerprint density at radius 1 is 0.643 bits per heavy atom. The number of rotatable bonds is 15. The van der Waals surface area contributed by atoms with Gasteiger partial charge in [0.05, 0.1) is 43.5 Å². The van der Waals surface area contributed by atoms with E-state index in [1.54, 1.807) is 33.8 Å². The van der Waals surface area contributed by atoms with Crippen LogP contribution in [0.3, 0.4) is 0 Å². The number of carbonyl (C=O) groups is 4. The van der Waals surface area contributed by atoms with Crippen LogP contribution in [0.4, 0.5) is 0 Å². The standard InChI is InChI=1S/C60H92O24/c1-13-26(3)50(74)80-43-28(5)76-53(42(71)44(43)81-51(75)27(4)14-2)84-47-48(77-29(6)64)60(25-63)31(21-55(47,7)8)30-15-16-34-56(9)19-18-36(57(10,24-62)33(56)17-20-58(34,11)59(30,12)22-35(60)65)79-54-46(40(69)39(68)45(82-54)49(72)73)83-52-41(70)38(67)37(66)32(23-61)78-52/h13-15,28,31-48,52-54,61-63,65-71H,16-25H2,1-12H3,(H,72,73)/b26-13+,27-14-/t28-,31?,32-,33?,34?,35-,36+,37-,38+,39+,40+,41-,42-,43+,44-,45+,46-,47+,48+,52+,53+,54-,56+,57-,58-,59-,60+/m1/s1. The Balaban J connectivity index is 1.09. The molecule has 0 bridgehead atoms. The summed E-state index contributed by atoms with van der Waals surface area (Å²) >= 11 is 0. The number of aliphatic hydroxyl groups excluding tert-OH is 10. The van der Waals surface area contributed by atoms with Crippen LogP contribution in [-0.4, -0.2) is 216 Å². The number of allylic oxidation sites excluding steroid dienone is 4. The van der Waals surface area contributed by atoms with Crippen molar-refractivity contribution < 1.29 is 118 Å². The smallest absolute Gasteiger partial charge is 0.335 e. The van der Waals surface area contributed by atoms with E-state index in [2.05, 4.69) is 26.8 Å². The van der Waals surface area contributed by atoms with Gasteiger partial charge >= 0.3 is 23.9 Å². The molecule has 3 aliphatic heterocycles. The van der Waals surface area contributed by atoms with Crippen LogP contribution >= 0.6 is 0 Å². The minimum Gasteiger partial charge on any atom is -0.479 e. The van der Waals surface area contributed by atoms with E-state index in [-0.39, 0.29) is 42.2 Å². The minimum atomic E-state index is -2.07. The van der Waals surface area contributed by atoms with Crippen LogP contribution in [0.1, 0.15) is 128 Å². The molecule has 3 saturated heterocycles. The van der Waals surface area contributed by atoms with E-state index in [0.717, 1.165) is 5.57 Å². The summed E-state index contributed by atoms with van der Waals surface area (Å²) in [6.07, 6.45) is -22.2. The van der Waals surface area contributed by atoms with Gasteiger partial charge in [0.25, 0.3) is 0 Å². The Bertz CT molecular complexity index is 2530. The highest BCUT2D eigenvalue weighted by atomic mass is 16.8. The number of aliphatic hydroxyl groups is 10. The van der Waals surface area contributed by atoms with Crippen LogP contribution in [-0.2, 0) is 61.8 Å². The number of ether oxygens (including phenoxy) is 9. The Morgan fingerprint density at radius 3 is 1.83 bits per heavy atom. The summed E-state index contributed by atoms with van der Waals surface area (Å²) < 4.78 is 55.0. The van der Waals surface area contributed by atoms with Crippen molar-refractivity contribution in [3.8, 4) is 0 Å². The lowest BCUT2D eigenvalue weighted by Crippen LogP contribution is -2.73. The highest BCUT2D eigenvalue weighted by molar-refractivity contribution is 5.88. The van der Waals surface area contributed by atoms with Crippen LogP contribution in [0.2, 0.25) is 0 Å². The predicted octanol–water partition coefficient (Wildman–Crippen LogP) is 1.22. The summed E-state index contributed by atoms with van der Waals surface area (Å²) in [6.45, 7) is 19.6. The molecule has 8 aliphatic rings. The topological polar surface area (TPSA) is 374 Å². The second-order valence-corrected chi connectivity index (χ2v) is 26.9. The van der Waals surface area contributed by atoms with Gasteiger partial charge in [0.2, 0.25) is 0 Å². The van der Waals surface area contributed by atoms with Gasteiger partial charge in [-0.2, -0.15) is 0 Å². The first-order chi connectivity index (χ1) is 39.2. The molecular weight excluding hydrogens is 1100 g/mol. The molecule has 0 amide bonds. The summed E-state index contributed by atoms with van der Waals surface area (Å²) in [5, 5.41) is 123. The van der Waals surface area contributed by atoms with E-state index in [4.69, 9.17) is 42.6 Å². The zero-order chi connectivity index (χ0) is 62.3. The van der Waals surface area contributed by atoms with Gasteiger partial charge in [-0.15, -0.1) is 0 Å². The quantitative estimate of drug-likeness (QED) is 0.0361. The minimum absolute atomic E-state index is 0.0905. The molecule has 84 heavy (non-hydrogen) atoms. The van der Waals surface area contributed by atoms with Gasteiger partial charge in [-0.25, -0.2) is 14.4 Å². The summed E-state index contributed by atoms with van der Waals surface area (Å²) in [7, 11) is 0. The summed E-state index contributed by atoms with van der Waals surface area (Å²) in [5.41, 5.74) is -3.96. The van der Waals surface area contributed by atoms with Crippen molar-refractivity contribution in [1.29, 1.82) is 0 Å². The van der Waals surface area contributed by atoms with E-state index in [0.29, 0.717) is 25.7 Å². The molecular formula is C60H92O24. The first-order valence-electron chi connectivity index (χ1n) is 29.5. The maximum atomic E-state index is 13.4. The van der Waals surface area contributed by atoms with Crippen molar-refractivity contribution in [3.63, 3.8) is 0 Å². The number of fused-ring (bicyclic) bond motifs is 7. The second kappa shape index (κ2) is 24.4. The summed E-state index contributed by atoms with van der Waals surface area (Å²) in [6, 6.07) is 0. The van der Waals surface area contributed by atoms with Gasteiger partial charge in [0, 0.05) is 23.5 Å². The monoisotopic (exact) mass is 1200 g/mol. The number of hydrogen-bond acceptors (Lipinski definition) is 23. The molecule has 5 aliphatic carbocycles. The van der Waals surface area contributed by atoms with Gasteiger partial charge < -0.3 is 98.8 Å². The molecule has 3 unspecified atom stereocenters. The highest BCUT2D eigenvalue weighted by Crippen LogP contribution is 2.76. The van der Waals surface area contributed by atoms with Crippen molar-refractivity contribution in [2.24, 2.45) is 50.2 Å².